The van der Waals surface area contributed by atoms with Crippen molar-refractivity contribution in [3.05, 3.63) is 0 Å². The van der Waals surface area contributed by atoms with E-state index in [4.69, 9.17) is 10.5 Å². The number of aromatic nitrogens is 3. The van der Waals surface area contributed by atoms with E-state index in [2.05, 4.69) is 15.0 Å². The van der Waals surface area contributed by atoms with E-state index in [1.54, 1.807) is 0 Å². The summed E-state index contributed by atoms with van der Waals surface area (Å²) in [5.74, 6) is 1.14. The quantitative estimate of drug-likeness (QED) is 0.799. The van der Waals surface area contributed by atoms with Gasteiger partial charge in [-0.3, -0.25) is 0 Å². The molecule has 1 aromatic rings. The average molecular weight is 267 g/mol. The first-order valence-corrected chi connectivity index (χ1v) is 6.51. The third-order valence-electron chi connectivity index (χ3n) is 3.05. The van der Waals surface area contributed by atoms with Gasteiger partial charge in [0.2, 0.25) is 11.9 Å². The fourth-order valence-corrected chi connectivity index (χ4v) is 2.11. The molecule has 0 saturated heterocycles. The standard InChI is InChI=1S/C12H21N5O2/c1-7(2)19-12-15-10(13)14-11(16-12)17(3)6-8-4-9(18)5-8/h7-9,18H,4-6H2,1-3H3,(H2,13,14,15,16). The molecule has 1 saturated carbocycles. The van der Waals surface area contributed by atoms with E-state index in [0.717, 1.165) is 19.4 Å². The highest BCUT2D eigenvalue weighted by Crippen LogP contribution is 2.28. The molecule has 19 heavy (non-hydrogen) atoms. The van der Waals surface area contributed by atoms with Gasteiger partial charge in [0.05, 0.1) is 12.2 Å². The minimum absolute atomic E-state index is 0.0123. The molecule has 3 N–H and O–H groups in total. The fourth-order valence-electron chi connectivity index (χ4n) is 2.11. The molecule has 1 aliphatic carbocycles. The molecule has 0 unspecified atom stereocenters. The summed E-state index contributed by atoms with van der Waals surface area (Å²) in [6, 6.07) is 0.248. The van der Waals surface area contributed by atoms with Crippen LogP contribution in [0.2, 0.25) is 0 Å². The molecule has 1 heterocycles. The molecule has 0 aliphatic heterocycles. The van der Waals surface area contributed by atoms with Gasteiger partial charge < -0.3 is 20.5 Å². The van der Waals surface area contributed by atoms with Crippen LogP contribution in [0.1, 0.15) is 26.7 Å². The molecule has 1 aliphatic rings. The molecule has 0 spiro atoms. The zero-order valence-corrected chi connectivity index (χ0v) is 11.6. The zero-order chi connectivity index (χ0) is 14.0. The number of nitrogens with zero attached hydrogens (tertiary/aromatic N) is 4. The van der Waals surface area contributed by atoms with Crippen molar-refractivity contribution in [2.24, 2.45) is 5.92 Å². The number of nitrogens with two attached hydrogens (primary N) is 1. The number of rotatable bonds is 5. The Labute approximate surface area is 112 Å². The molecule has 0 aromatic carbocycles. The molecular formula is C12H21N5O2. The van der Waals surface area contributed by atoms with Gasteiger partial charge >= 0.3 is 6.01 Å². The lowest BCUT2D eigenvalue weighted by atomic mass is 9.82. The molecule has 106 valence electrons. The largest absolute Gasteiger partial charge is 0.461 e. The number of aliphatic hydroxyl groups is 1. The maximum absolute atomic E-state index is 9.29. The Balaban J connectivity index is 2.03. The highest BCUT2D eigenvalue weighted by atomic mass is 16.5. The first kappa shape index (κ1) is 13.8. The molecule has 2 rings (SSSR count). The van der Waals surface area contributed by atoms with Crippen LogP contribution in [-0.2, 0) is 0 Å². The van der Waals surface area contributed by atoms with Gasteiger partial charge in [-0.1, -0.05) is 0 Å². The first-order chi connectivity index (χ1) is 8.94. The van der Waals surface area contributed by atoms with Crippen LogP contribution in [0, 0.1) is 5.92 Å². The molecular weight excluding hydrogens is 246 g/mol. The monoisotopic (exact) mass is 267 g/mol. The lowest BCUT2D eigenvalue weighted by molar-refractivity contribution is 0.0463. The van der Waals surface area contributed by atoms with Gasteiger partial charge in [-0.2, -0.15) is 15.0 Å². The summed E-state index contributed by atoms with van der Waals surface area (Å²) in [5.41, 5.74) is 5.66. The van der Waals surface area contributed by atoms with Gasteiger partial charge in [0.1, 0.15) is 0 Å². The molecule has 1 fully saturated rings. The van der Waals surface area contributed by atoms with E-state index in [0.29, 0.717) is 11.9 Å². The third-order valence-corrected chi connectivity index (χ3v) is 3.05. The van der Waals surface area contributed by atoms with Gasteiger partial charge in [0.25, 0.3) is 0 Å². The van der Waals surface area contributed by atoms with Crippen molar-refractivity contribution in [3.63, 3.8) is 0 Å². The lowest BCUT2D eigenvalue weighted by Gasteiger charge is -2.34. The predicted molar refractivity (Wildman–Crippen MR) is 72.0 cm³/mol. The second-order valence-electron chi connectivity index (χ2n) is 5.31. The van der Waals surface area contributed by atoms with Crippen LogP contribution in [0.4, 0.5) is 11.9 Å². The van der Waals surface area contributed by atoms with Crippen LogP contribution in [-0.4, -0.2) is 45.9 Å². The summed E-state index contributed by atoms with van der Waals surface area (Å²) >= 11 is 0. The normalized spacial score (nSPS) is 22.2. The van der Waals surface area contributed by atoms with Crippen LogP contribution in [0.5, 0.6) is 6.01 Å². The zero-order valence-electron chi connectivity index (χ0n) is 11.6. The van der Waals surface area contributed by atoms with E-state index in [1.807, 2.05) is 25.8 Å². The summed E-state index contributed by atoms with van der Waals surface area (Å²) in [6.07, 6.45) is 1.50. The van der Waals surface area contributed by atoms with Gasteiger partial charge in [0, 0.05) is 13.6 Å². The second-order valence-corrected chi connectivity index (χ2v) is 5.31. The molecule has 7 nitrogen and oxygen atoms in total. The summed E-state index contributed by atoms with van der Waals surface area (Å²) in [5, 5.41) is 9.29. The smallest absolute Gasteiger partial charge is 0.323 e. The van der Waals surface area contributed by atoms with E-state index in [9.17, 15) is 5.11 Å². The number of ether oxygens (including phenoxy) is 1. The highest BCUT2D eigenvalue weighted by Gasteiger charge is 2.28. The topological polar surface area (TPSA) is 97.4 Å². The Morgan fingerprint density at radius 1 is 1.37 bits per heavy atom. The van der Waals surface area contributed by atoms with Crippen molar-refractivity contribution >= 4 is 11.9 Å². The number of aliphatic hydroxyl groups excluding tert-OH is 1. The second kappa shape index (κ2) is 5.56. The number of nitrogen functional groups attached to an aromatic ring is 1. The van der Waals surface area contributed by atoms with E-state index in [-0.39, 0.29) is 24.2 Å². The Morgan fingerprint density at radius 2 is 2.05 bits per heavy atom. The van der Waals surface area contributed by atoms with Crippen molar-refractivity contribution in [1.29, 1.82) is 0 Å². The van der Waals surface area contributed by atoms with Crippen molar-refractivity contribution < 1.29 is 9.84 Å². The maximum Gasteiger partial charge on any atom is 0.323 e. The summed E-state index contributed by atoms with van der Waals surface area (Å²) in [4.78, 5) is 14.2. The Morgan fingerprint density at radius 3 is 2.63 bits per heavy atom. The summed E-state index contributed by atoms with van der Waals surface area (Å²) in [6.45, 7) is 4.60. The SMILES string of the molecule is CC(C)Oc1nc(N)nc(N(C)CC2CC(O)C2)n1. The van der Waals surface area contributed by atoms with Crippen LogP contribution >= 0.6 is 0 Å². The van der Waals surface area contributed by atoms with E-state index < -0.39 is 0 Å². The minimum atomic E-state index is -0.151. The van der Waals surface area contributed by atoms with Crippen LogP contribution in [0.25, 0.3) is 0 Å². The third kappa shape index (κ3) is 3.66. The van der Waals surface area contributed by atoms with Crippen molar-refractivity contribution in [2.75, 3.05) is 24.2 Å². The molecule has 0 radical (unpaired) electrons. The Bertz CT molecular complexity index is 434. The average Bonchev–Trinajstić information content (AvgIpc) is 2.25. The maximum atomic E-state index is 9.29. The van der Waals surface area contributed by atoms with Gasteiger partial charge in [-0.05, 0) is 32.6 Å². The highest BCUT2D eigenvalue weighted by molar-refractivity contribution is 5.35. The molecule has 7 heteroatoms. The van der Waals surface area contributed by atoms with Crippen molar-refractivity contribution in [2.45, 2.75) is 38.9 Å². The van der Waals surface area contributed by atoms with Crippen LogP contribution in [0.15, 0.2) is 0 Å². The van der Waals surface area contributed by atoms with Crippen molar-refractivity contribution in [1.82, 2.24) is 15.0 Å². The van der Waals surface area contributed by atoms with E-state index >= 15 is 0 Å². The van der Waals surface area contributed by atoms with E-state index in [1.165, 1.54) is 0 Å². The van der Waals surface area contributed by atoms with Crippen LogP contribution < -0.4 is 15.4 Å². The van der Waals surface area contributed by atoms with Gasteiger partial charge in [0.15, 0.2) is 0 Å². The molecule has 0 amide bonds. The number of anilines is 2. The first-order valence-electron chi connectivity index (χ1n) is 6.51. The lowest BCUT2D eigenvalue weighted by Crippen LogP contribution is -2.37. The fraction of sp³-hybridized carbons (Fsp3) is 0.750. The molecule has 0 atom stereocenters. The summed E-state index contributed by atoms with van der Waals surface area (Å²) in [7, 11) is 1.90. The Hall–Kier alpha value is -1.63. The van der Waals surface area contributed by atoms with Gasteiger partial charge in [-0.25, -0.2) is 0 Å². The predicted octanol–water partition coefficient (Wildman–Crippen LogP) is 0.448. The van der Waals surface area contributed by atoms with Crippen molar-refractivity contribution in [3.8, 4) is 6.01 Å². The van der Waals surface area contributed by atoms with Gasteiger partial charge in [-0.15, -0.1) is 0 Å². The number of hydrogen-bond acceptors (Lipinski definition) is 7. The molecule has 0 bridgehead atoms. The molecule has 1 aromatic heterocycles. The number of hydrogen-bond donors (Lipinski definition) is 2. The minimum Gasteiger partial charge on any atom is -0.461 e. The van der Waals surface area contributed by atoms with Crippen LogP contribution in [0.3, 0.4) is 0 Å². The summed E-state index contributed by atoms with van der Waals surface area (Å²) < 4.78 is 5.44. The Kier molecular flexibility index (Phi) is 4.04.